The van der Waals surface area contributed by atoms with Crippen LogP contribution < -0.4 is 5.32 Å². The predicted octanol–water partition coefficient (Wildman–Crippen LogP) is 4.31. The van der Waals surface area contributed by atoms with E-state index in [9.17, 15) is 19.5 Å². The third-order valence-electron chi connectivity index (χ3n) is 7.93. The summed E-state index contributed by atoms with van der Waals surface area (Å²) < 4.78 is 0. The summed E-state index contributed by atoms with van der Waals surface area (Å²) in [7, 11) is 0. The number of aromatic nitrogens is 1. The van der Waals surface area contributed by atoms with Crippen molar-refractivity contribution in [2.45, 2.75) is 76.4 Å². The molecule has 1 saturated carbocycles. The first kappa shape index (κ1) is 24.1. The van der Waals surface area contributed by atoms with E-state index in [-0.39, 0.29) is 36.0 Å². The Bertz CT molecular complexity index is 1120. The van der Waals surface area contributed by atoms with Crippen molar-refractivity contribution < 1.29 is 19.5 Å². The summed E-state index contributed by atoms with van der Waals surface area (Å²) in [6.07, 6.45) is 6.09. The number of piperidine rings is 1. The highest BCUT2D eigenvalue weighted by Crippen LogP contribution is 2.47. The van der Waals surface area contributed by atoms with Gasteiger partial charge in [0.15, 0.2) is 10.9 Å². The molecule has 2 heterocycles. The van der Waals surface area contributed by atoms with E-state index in [0.29, 0.717) is 41.5 Å². The first-order valence-electron chi connectivity index (χ1n) is 12.8. The number of anilines is 1. The highest BCUT2D eigenvalue weighted by Gasteiger charge is 2.51. The number of thiazole rings is 1. The van der Waals surface area contributed by atoms with E-state index in [2.05, 4.69) is 10.3 Å². The number of carbonyl (C=O) groups excluding carboxylic acids is 3. The zero-order valence-corrected chi connectivity index (χ0v) is 21.0. The van der Waals surface area contributed by atoms with Gasteiger partial charge in [0.05, 0.1) is 22.1 Å². The zero-order chi connectivity index (χ0) is 24.6. The van der Waals surface area contributed by atoms with Crippen molar-refractivity contribution in [2.24, 2.45) is 11.8 Å². The molecule has 0 bridgehead atoms. The van der Waals surface area contributed by atoms with E-state index in [4.69, 9.17) is 0 Å². The number of nitrogens with one attached hydrogen (secondary N) is 1. The molecular formula is C27H33N3O4S. The summed E-state index contributed by atoms with van der Waals surface area (Å²) in [6, 6.07) is 9.83. The third kappa shape index (κ3) is 4.54. The Hall–Kier alpha value is -2.58. The number of ketones is 1. The molecular weight excluding hydrogens is 462 g/mol. The predicted molar refractivity (Wildman–Crippen MR) is 134 cm³/mol. The highest BCUT2D eigenvalue weighted by atomic mass is 32.1. The lowest BCUT2D eigenvalue weighted by Crippen LogP contribution is -2.60. The molecule has 7 nitrogen and oxygen atoms in total. The largest absolute Gasteiger partial charge is 0.385 e. The molecule has 8 heteroatoms. The summed E-state index contributed by atoms with van der Waals surface area (Å²) in [4.78, 5) is 45.7. The molecule has 1 aromatic heterocycles. The fraction of sp³-hybridized carbons (Fsp3) is 0.556. The van der Waals surface area contributed by atoms with Gasteiger partial charge in [-0.3, -0.25) is 14.4 Å². The van der Waals surface area contributed by atoms with Crippen molar-refractivity contribution in [1.82, 2.24) is 9.88 Å². The van der Waals surface area contributed by atoms with Crippen LogP contribution in [0.4, 0.5) is 5.13 Å². The molecule has 0 spiro atoms. The number of fused-ring (bicyclic) bond motifs is 2. The SMILES string of the molecule is CCCC(=O)Nc1nc2c(s1)C(=O)CC(C(=O)N1CC[C@](O)(c3ccccc3)[C@@H]3CCCC[C@H]31)C2. The topological polar surface area (TPSA) is 99.6 Å². The number of likely N-dealkylation sites (tertiary alicyclic amines) is 1. The quantitative estimate of drug-likeness (QED) is 0.644. The van der Waals surface area contributed by atoms with Crippen LogP contribution >= 0.6 is 11.3 Å². The van der Waals surface area contributed by atoms with E-state index in [0.717, 1.165) is 37.7 Å². The molecule has 1 unspecified atom stereocenters. The standard InChI is InChI=1S/C27H33N3O4S/c1-2-8-23(32)29-26-28-20-15-17(16-22(31)24(20)35-26)25(33)30-14-13-27(34,18-9-4-3-5-10-18)19-11-6-7-12-21(19)30/h3-5,9-10,17,19,21,34H,2,6-8,11-16H2,1H3,(H,28,29,32)/t17?,19-,21-,27+/m1/s1. The average molecular weight is 496 g/mol. The number of amides is 2. The molecule has 2 amide bonds. The molecule has 2 aromatic rings. The molecule has 2 aliphatic carbocycles. The third-order valence-corrected chi connectivity index (χ3v) is 8.98. The Kier molecular flexibility index (Phi) is 6.77. The molecule has 35 heavy (non-hydrogen) atoms. The molecule has 1 saturated heterocycles. The van der Waals surface area contributed by atoms with Gasteiger partial charge >= 0.3 is 0 Å². The summed E-state index contributed by atoms with van der Waals surface area (Å²) in [5.74, 6) is -0.634. The van der Waals surface area contributed by atoms with Crippen molar-refractivity contribution >= 4 is 34.1 Å². The first-order valence-corrected chi connectivity index (χ1v) is 13.6. The minimum absolute atomic E-state index is 0.000537. The van der Waals surface area contributed by atoms with Crippen LogP contribution in [-0.2, 0) is 21.6 Å². The Morgan fingerprint density at radius 3 is 2.74 bits per heavy atom. The van der Waals surface area contributed by atoms with Gasteiger partial charge in [-0.25, -0.2) is 4.98 Å². The lowest BCUT2D eigenvalue weighted by molar-refractivity contribution is -0.158. The van der Waals surface area contributed by atoms with Crippen LogP contribution in [0.3, 0.4) is 0 Å². The molecule has 5 rings (SSSR count). The van der Waals surface area contributed by atoms with Crippen molar-refractivity contribution in [3.05, 3.63) is 46.5 Å². The summed E-state index contributed by atoms with van der Waals surface area (Å²) >= 11 is 1.21. The minimum Gasteiger partial charge on any atom is -0.385 e. The second-order valence-corrected chi connectivity index (χ2v) is 11.2. The van der Waals surface area contributed by atoms with Gasteiger partial charge in [-0.1, -0.05) is 61.4 Å². The molecule has 1 aliphatic heterocycles. The lowest BCUT2D eigenvalue weighted by atomic mass is 9.66. The molecule has 2 fully saturated rings. The van der Waals surface area contributed by atoms with Gasteiger partial charge in [0.2, 0.25) is 11.8 Å². The van der Waals surface area contributed by atoms with Crippen LogP contribution in [0.5, 0.6) is 0 Å². The molecule has 186 valence electrons. The maximum absolute atomic E-state index is 13.8. The summed E-state index contributed by atoms with van der Waals surface area (Å²) in [5.41, 5.74) is 0.620. The van der Waals surface area contributed by atoms with E-state index in [1.54, 1.807) is 0 Å². The smallest absolute Gasteiger partial charge is 0.226 e. The maximum atomic E-state index is 13.8. The van der Waals surface area contributed by atoms with Crippen molar-refractivity contribution in [1.29, 1.82) is 0 Å². The van der Waals surface area contributed by atoms with E-state index >= 15 is 0 Å². The monoisotopic (exact) mass is 495 g/mol. The fourth-order valence-corrected chi connectivity index (χ4v) is 7.20. The molecule has 3 aliphatic rings. The van der Waals surface area contributed by atoms with Gasteiger partial charge in [-0.2, -0.15) is 0 Å². The molecule has 0 radical (unpaired) electrons. The Balaban J connectivity index is 1.34. The second kappa shape index (κ2) is 9.82. The number of rotatable bonds is 5. The summed E-state index contributed by atoms with van der Waals surface area (Å²) in [5, 5.41) is 15.0. The maximum Gasteiger partial charge on any atom is 0.226 e. The normalized spacial score (nSPS) is 28.2. The number of nitrogens with zero attached hydrogens (tertiary/aromatic N) is 2. The van der Waals surface area contributed by atoms with Gasteiger partial charge in [0.25, 0.3) is 0 Å². The number of carbonyl (C=O) groups is 3. The number of aliphatic hydroxyl groups is 1. The van der Waals surface area contributed by atoms with E-state index in [1.165, 1.54) is 11.3 Å². The average Bonchev–Trinajstić information content (AvgIpc) is 3.27. The van der Waals surface area contributed by atoms with Gasteiger partial charge in [-0.15, -0.1) is 0 Å². The summed E-state index contributed by atoms with van der Waals surface area (Å²) in [6.45, 7) is 2.42. The highest BCUT2D eigenvalue weighted by molar-refractivity contribution is 7.17. The Labute approximate surface area is 209 Å². The fourth-order valence-electron chi connectivity index (χ4n) is 6.24. The van der Waals surface area contributed by atoms with Gasteiger partial charge < -0.3 is 15.3 Å². The minimum atomic E-state index is -0.931. The van der Waals surface area contributed by atoms with Crippen LogP contribution in [0.1, 0.15) is 79.2 Å². The van der Waals surface area contributed by atoms with E-state index < -0.39 is 11.5 Å². The molecule has 1 aromatic carbocycles. The van der Waals surface area contributed by atoms with Gasteiger partial charge in [0, 0.05) is 37.8 Å². The first-order chi connectivity index (χ1) is 16.9. The number of Topliss-reactive ketones (excluding diaryl/α,β-unsaturated/α-hetero) is 1. The van der Waals surface area contributed by atoms with E-state index in [1.807, 2.05) is 42.2 Å². The van der Waals surface area contributed by atoms with Crippen LogP contribution in [0.2, 0.25) is 0 Å². The van der Waals surface area contributed by atoms with Gasteiger partial charge in [0.1, 0.15) is 0 Å². The van der Waals surface area contributed by atoms with Crippen LogP contribution in [-0.4, -0.2) is 45.2 Å². The van der Waals surface area contributed by atoms with Crippen molar-refractivity contribution in [3.8, 4) is 0 Å². The van der Waals surface area contributed by atoms with Crippen LogP contribution in [0.25, 0.3) is 0 Å². The Morgan fingerprint density at radius 1 is 1.20 bits per heavy atom. The van der Waals surface area contributed by atoms with Crippen molar-refractivity contribution in [3.63, 3.8) is 0 Å². The Morgan fingerprint density at radius 2 is 1.97 bits per heavy atom. The molecule has 2 N–H and O–H groups in total. The number of hydrogen-bond donors (Lipinski definition) is 2. The van der Waals surface area contributed by atoms with Crippen LogP contribution in [0.15, 0.2) is 30.3 Å². The zero-order valence-electron chi connectivity index (χ0n) is 20.2. The number of benzene rings is 1. The van der Waals surface area contributed by atoms with Crippen molar-refractivity contribution in [2.75, 3.05) is 11.9 Å². The van der Waals surface area contributed by atoms with Crippen LogP contribution in [0, 0.1) is 11.8 Å². The lowest BCUT2D eigenvalue weighted by Gasteiger charge is -2.53. The molecule has 4 atom stereocenters. The second-order valence-electron chi connectivity index (χ2n) is 10.2. The van der Waals surface area contributed by atoms with Gasteiger partial charge in [-0.05, 0) is 31.2 Å². The number of hydrogen-bond acceptors (Lipinski definition) is 6.